The van der Waals surface area contributed by atoms with E-state index < -0.39 is 18.7 Å². The maximum absolute atomic E-state index is 13.2. The number of benzene rings is 1. The first kappa shape index (κ1) is 17.9. The molecule has 0 aliphatic carbocycles. The predicted octanol–water partition coefficient (Wildman–Crippen LogP) is 4.22. The number of halogens is 4. The normalized spacial score (nSPS) is 13.7. The van der Waals surface area contributed by atoms with Gasteiger partial charge in [-0.2, -0.15) is 13.2 Å². The van der Waals surface area contributed by atoms with Gasteiger partial charge in [0.25, 0.3) is 0 Å². The van der Waals surface area contributed by atoms with Gasteiger partial charge in [0.15, 0.2) is 0 Å². The van der Waals surface area contributed by atoms with Gasteiger partial charge in [-0.15, -0.1) is 0 Å². The van der Waals surface area contributed by atoms with Crippen LogP contribution < -0.4 is 5.32 Å². The summed E-state index contributed by atoms with van der Waals surface area (Å²) in [6.07, 6.45) is -5.61. The zero-order valence-electron chi connectivity index (χ0n) is 12.2. The summed E-state index contributed by atoms with van der Waals surface area (Å²) < 4.78 is 55.0. The second kappa shape index (κ2) is 8.34. The van der Waals surface area contributed by atoms with Crippen LogP contribution >= 0.6 is 0 Å². The molecule has 0 radical (unpaired) electrons. The van der Waals surface area contributed by atoms with Gasteiger partial charge >= 0.3 is 6.18 Å². The lowest BCUT2D eigenvalue weighted by Crippen LogP contribution is -2.29. The van der Waals surface area contributed by atoms with Crippen LogP contribution in [0, 0.1) is 5.82 Å². The minimum atomic E-state index is -4.17. The van der Waals surface area contributed by atoms with Crippen LogP contribution in [-0.4, -0.2) is 25.4 Å². The molecule has 0 heterocycles. The third-order valence-corrected chi connectivity index (χ3v) is 2.86. The summed E-state index contributed by atoms with van der Waals surface area (Å²) in [5.41, 5.74) is 0.621. The van der Waals surface area contributed by atoms with Gasteiger partial charge < -0.3 is 10.1 Å². The van der Waals surface area contributed by atoms with E-state index in [1.807, 2.05) is 13.8 Å². The molecule has 0 fully saturated rings. The van der Waals surface area contributed by atoms with Crippen molar-refractivity contribution >= 4 is 0 Å². The Morgan fingerprint density at radius 1 is 1.24 bits per heavy atom. The fourth-order valence-electron chi connectivity index (χ4n) is 1.82. The molecular weight excluding hydrogens is 286 g/mol. The van der Waals surface area contributed by atoms with Gasteiger partial charge in [0.2, 0.25) is 0 Å². The van der Waals surface area contributed by atoms with Crippen molar-refractivity contribution in [2.24, 2.45) is 0 Å². The fourth-order valence-corrected chi connectivity index (χ4v) is 1.82. The molecule has 120 valence electrons. The molecule has 0 spiro atoms. The second-order valence-corrected chi connectivity index (χ2v) is 5.20. The Hall–Kier alpha value is -1.14. The molecule has 1 N–H and O–H groups in total. The number of rotatable bonds is 8. The maximum Gasteiger partial charge on any atom is 0.389 e. The molecule has 1 unspecified atom stereocenters. The van der Waals surface area contributed by atoms with E-state index in [0.717, 1.165) is 0 Å². The van der Waals surface area contributed by atoms with Crippen molar-refractivity contribution in [2.45, 2.75) is 45.0 Å². The van der Waals surface area contributed by atoms with Crippen LogP contribution in [-0.2, 0) is 4.74 Å². The monoisotopic (exact) mass is 307 g/mol. The van der Waals surface area contributed by atoms with Crippen LogP contribution in [0.2, 0.25) is 0 Å². The minimum Gasteiger partial charge on any atom is -0.372 e. The van der Waals surface area contributed by atoms with Gasteiger partial charge in [-0.25, -0.2) is 4.39 Å². The number of hydrogen-bond donors (Lipinski definition) is 1. The van der Waals surface area contributed by atoms with Crippen molar-refractivity contribution in [3.63, 3.8) is 0 Å². The Balaban J connectivity index is 2.56. The SMILES string of the molecule is CC(C)NCC(OCCCC(F)(F)F)c1cccc(F)c1. The van der Waals surface area contributed by atoms with Gasteiger partial charge in [-0.1, -0.05) is 26.0 Å². The van der Waals surface area contributed by atoms with Crippen molar-refractivity contribution in [3.8, 4) is 0 Å². The van der Waals surface area contributed by atoms with Gasteiger partial charge in [-0.3, -0.25) is 0 Å². The highest BCUT2D eigenvalue weighted by atomic mass is 19.4. The highest BCUT2D eigenvalue weighted by Crippen LogP contribution is 2.23. The molecule has 0 amide bonds. The lowest BCUT2D eigenvalue weighted by atomic mass is 10.1. The molecule has 2 nitrogen and oxygen atoms in total. The van der Waals surface area contributed by atoms with Gasteiger partial charge in [0, 0.05) is 25.6 Å². The molecule has 0 saturated carbocycles. The first-order chi connectivity index (χ1) is 9.78. The predicted molar refractivity (Wildman–Crippen MR) is 73.5 cm³/mol. The van der Waals surface area contributed by atoms with E-state index in [2.05, 4.69) is 5.32 Å². The largest absolute Gasteiger partial charge is 0.389 e. The molecule has 0 aliphatic rings. The molecule has 1 atom stereocenters. The summed E-state index contributed by atoms with van der Waals surface area (Å²) >= 11 is 0. The van der Waals surface area contributed by atoms with Crippen LogP contribution in [0.5, 0.6) is 0 Å². The number of nitrogens with one attached hydrogen (secondary N) is 1. The van der Waals surface area contributed by atoms with E-state index in [4.69, 9.17) is 4.74 Å². The third kappa shape index (κ3) is 8.02. The quantitative estimate of drug-likeness (QED) is 0.573. The summed E-state index contributed by atoms with van der Waals surface area (Å²) in [6, 6.07) is 6.14. The van der Waals surface area contributed by atoms with Gasteiger partial charge in [-0.05, 0) is 24.1 Å². The summed E-state index contributed by atoms with van der Waals surface area (Å²) in [6.45, 7) is 4.31. The van der Waals surface area contributed by atoms with Crippen LogP contribution in [0.3, 0.4) is 0 Å². The van der Waals surface area contributed by atoms with Gasteiger partial charge in [0.05, 0.1) is 6.10 Å². The van der Waals surface area contributed by atoms with E-state index in [1.165, 1.54) is 12.1 Å². The van der Waals surface area contributed by atoms with Crippen molar-refractivity contribution < 1.29 is 22.3 Å². The van der Waals surface area contributed by atoms with Crippen LogP contribution in [0.15, 0.2) is 24.3 Å². The molecule has 21 heavy (non-hydrogen) atoms. The van der Waals surface area contributed by atoms with Crippen molar-refractivity contribution in [1.29, 1.82) is 0 Å². The average Bonchev–Trinajstić information content (AvgIpc) is 2.36. The molecule has 0 aromatic heterocycles. The standard InChI is InChI=1S/C15H21F4NO/c1-11(2)20-10-14(12-5-3-6-13(16)9-12)21-8-4-7-15(17,18)19/h3,5-6,9,11,14,20H,4,7-8,10H2,1-2H3. The van der Waals surface area contributed by atoms with Gasteiger partial charge in [0.1, 0.15) is 5.82 Å². The van der Waals surface area contributed by atoms with Crippen molar-refractivity contribution in [2.75, 3.05) is 13.2 Å². The highest BCUT2D eigenvalue weighted by Gasteiger charge is 2.26. The van der Waals surface area contributed by atoms with Crippen LogP contribution in [0.4, 0.5) is 17.6 Å². The molecule has 0 aliphatic heterocycles. The van der Waals surface area contributed by atoms with Crippen molar-refractivity contribution in [1.82, 2.24) is 5.32 Å². The Morgan fingerprint density at radius 3 is 2.52 bits per heavy atom. The number of alkyl halides is 3. The molecule has 0 bridgehead atoms. The van der Waals surface area contributed by atoms with E-state index in [1.54, 1.807) is 12.1 Å². The lowest BCUT2D eigenvalue weighted by Gasteiger charge is -2.21. The van der Waals surface area contributed by atoms with E-state index >= 15 is 0 Å². The lowest BCUT2D eigenvalue weighted by molar-refractivity contribution is -0.138. The second-order valence-electron chi connectivity index (χ2n) is 5.20. The molecular formula is C15H21F4NO. The Labute approximate surface area is 122 Å². The topological polar surface area (TPSA) is 21.3 Å². The molecule has 1 rings (SSSR count). The van der Waals surface area contributed by atoms with Crippen LogP contribution in [0.25, 0.3) is 0 Å². The van der Waals surface area contributed by atoms with E-state index in [9.17, 15) is 17.6 Å². The summed E-state index contributed by atoms with van der Waals surface area (Å²) in [5, 5.41) is 3.15. The average molecular weight is 307 g/mol. The zero-order chi connectivity index (χ0) is 15.9. The maximum atomic E-state index is 13.2. The Bertz CT molecular complexity index is 420. The fraction of sp³-hybridized carbons (Fsp3) is 0.600. The van der Waals surface area contributed by atoms with Crippen LogP contribution in [0.1, 0.15) is 38.4 Å². The third-order valence-electron chi connectivity index (χ3n) is 2.86. The molecule has 6 heteroatoms. The summed E-state index contributed by atoms with van der Waals surface area (Å²) in [4.78, 5) is 0. The number of ether oxygens (including phenoxy) is 1. The molecule has 1 aromatic rings. The molecule has 1 aromatic carbocycles. The summed E-state index contributed by atoms with van der Waals surface area (Å²) in [5.74, 6) is -0.388. The Kier molecular flexibility index (Phi) is 7.11. The first-order valence-corrected chi connectivity index (χ1v) is 6.95. The highest BCUT2D eigenvalue weighted by molar-refractivity contribution is 5.19. The first-order valence-electron chi connectivity index (χ1n) is 6.95. The van der Waals surface area contributed by atoms with E-state index in [0.29, 0.717) is 12.1 Å². The Morgan fingerprint density at radius 2 is 1.95 bits per heavy atom. The number of hydrogen-bond acceptors (Lipinski definition) is 2. The smallest absolute Gasteiger partial charge is 0.372 e. The van der Waals surface area contributed by atoms with Crippen molar-refractivity contribution in [3.05, 3.63) is 35.6 Å². The minimum absolute atomic E-state index is 0.0134. The molecule has 0 saturated heterocycles. The zero-order valence-corrected chi connectivity index (χ0v) is 12.2. The van der Waals surface area contributed by atoms with E-state index in [-0.39, 0.29) is 24.9 Å². The summed E-state index contributed by atoms with van der Waals surface area (Å²) in [7, 11) is 0.